The van der Waals surface area contributed by atoms with E-state index < -0.39 is 28.8 Å². The zero-order valence-electron chi connectivity index (χ0n) is 25.2. The Balaban J connectivity index is 1.30. The fourth-order valence-corrected chi connectivity index (χ4v) is 6.50. The van der Waals surface area contributed by atoms with Gasteiger partial charge in [0.05, 0.1) is 22.7 Å². The highest BCUT2D eigenvalue weighted by Gasteiger charge is 2.57. The molecular weight excluding hydrogens is 603 g/mol. The Morgan fingerprint density at radius 1 is 1.07 bits per heavy atom. The quantitative estimate of drug-likeness (QED) is 0.195. The predicted molar refractivity (Wildman–Crippen MR) is 166 cm³/mol. The zero-order chi connectivity index (χ0) is 32.7. The molecule has 2 aliphatic heterocycles. The van der Waals surface area contributed by atoms with Gasteiger partial charge in [0.1, 0.15) is 11.4 Å². The summed E-state index contributed by atoms with van der Waals surface area (Å²) in [6, 6.07) is 19.6. The number of β-amino-alcohol motifs (C(OH)–C–C–N with tert-alkyl or cyclic N) is 1. The van der Waals surface area contributed by atoms with Crippen LogP contribution in [0.25, 0.3) is 10.9 Å². The van der Waals surface area contributed by atoms with E-state index in [0.717, 1.165) is 11.6 Å². The number of anilines is 1. The number of nitro benzene ring substituents is 1. The van der Waals surface area contributed by atoms with Crippen molar-refractivity contribution in [2.24, 2.45) is 0 Å². The number of urea groups is 1. The number of nitrogens with zero attached hydrogens (tertiary/aromatic N) is 4. The molecule has 3 heterocycles. The van der Waals surface area contributed by atoms with E-state index in [1.165, 1.54) is 22.9 Å². The molecule has 0 bridgehead atoms. The Morgan fingerprint density at radius 3 is 2.43 bits per heavy atom. The van der Waals surface area contributed by atoms with Crippen molar-refractivity contribution < 1.29 is 32.7 Å². The van der Waals surface area contributed by atoms with Crippen LogP contribution < -0.4 is 15.0 Å². The zero-order valence-corrected chi connectivity index (χ0v) is 25.2. The third-order valence-electron chi connectivity index (χ3n) is 8.91. The number of fused-ring (bicyclic) bond motifs is 2. The van der Waals surface area contributed by atoms with Gasteiger partial charge in [0.25, 0.3) is 5.69 Å². The molecule has 1 fully saturated rings. The molecule has 3 aromatic carbocycles. The summed E-state index contributed by atoms with van der Waals surface area (Å²) in [5, 5.41) is 26.1. The number of hydrogen-bond acceptors (Lipinski definition) is 6. The third-order valence-corrected chi connectivity index (χ3v) is 8.91. The van der Waals surface area contributed by atoms with E-state index in [4.69, 9.17) is 4.74 Å². The number of carbonyl (C=O) groups is 1. The van der Waals surface area contributed by atoms with Gasteiger partial charge in [0, 0.05) is 74.8 Å². The lowest BCUT2D eigenvalue weighted by Gasteiger charge is -2.48. The molecular formula is C33H34F3N5O5. The maximum Gasteiger partial charge on any atom is 0.422 e. The first-order chi connectivity index (χ1) is 21.9. The second-order valence-electron chi connectivity index (χ2n) is 11.9. The number of nitrogens with one attached hydrogen (secondary N) is 1. The normalized spacial score (nSPS) is 17.7. The Kier molecular flexibility index (Phi) is 8.15. The highest BCUT2D eigenvalue weighted by Crippen LogP contribution is 2.46. The summed E-state index contributed by atoms with van der Waals surface area (Å²) >= 11 is 0. The number of aromatic nitrogens is 1. The number of alkyl halides is 3. The van der Waals surface area contributed by atoms with E-state index in [9.17, 15) is 33.2 Å². The molecule has 242 valence electrons. The molecule has 6 rings (SSSR count). The summed E-state index contributed by atoms with van der Waals surface area (Å²) < 4.78 is 52.8. The lowest BCUT2D eigenvalue weighted by Crippen LogP contribution is -2.61. The van der Waals surface area contributed by atoms with Gasteiger partial charge in [-0.15, -0.1) is 0 Å². The molecule has 2 N–H and O–H groups in total. The number of non-ortho nitro benzene ring substituents is 1. The highest BCUT2D eigenvalue weighted by molar-refractivity contribution is 5.94. The summed E-state index contributed by atoms with van der Waals surface area (Å²) in [6.45, 7) is 2.25. The molecule has 1 atom stereocenters. The fourth-order valence-electron chi connectivity index (χ4n) is 6.50. The fraction of sp³-hybridized carbons (Fsp3) is 0.364. The van der Waals surface area contributed by atoms with E-state index >= 15 is 0 Å². The number of piperidine rings is 1. The predicted octanol–water partition coefficient (Wildman–Crippen LogP) is 5.81. The Labute approximate surface area is 263 Å². The van der Waals surface area contributed by atoms with Crippen molar-refractivity contribution in [1.82, 2.24) is 14.8 Å². The number of carbonyl (C=O) groups excluding carboxylic acids is 1. The van der Waals surface area contributed by atoms with Crippen LogP contribution in [0.15, 0.2) is 79.0 Å². The number of amides is 2. The molecule has 0 saturated carbocycles. The van der Waals surface area contributed by atoms with Gasteiger partial charge in [-0.3, -0.25) is 19.9 Å². The number of aliphatic hydroxyl groups is 1. The SMILES string of the molecule is CCNC(=O)N1CC2(CCN(CC(O)(c3cn(Cc4ccccc4)c4cc([N+](=O)[O-])ccc34)C(F)(F)F)CC2)Oc2ccccc21. The molecule has 46 heavy (non-hydrogen) atoms. The smallest absolute Gasteiger partial charge is 0.422 e. The molecule has 2 amide bonds. The number of halogens is 3. The van der Waals surface area contributed by atoms with Crippen LogP contribution in [0.1, 0.15) is 30.9 Å². The van der Waals surface area contributed by atoms with Crippen LogP contribution in [0.4, 0.5) is 29.3 Å². The van der Waals surface area contributed by atoms with Gasteiger partial charge < -0.3 is 19.7 Å². The average Bonchev–Trinajstić information content (AvgIpc) is 3.40. The first kappa shape index (κ1) is 31.4. The van der Waals surface area contributed by atoms with Crippen molar-refractivity contribution in [3.05, 3.63) is 100 Å². The molecule has 0 radical (unpaired) electrons. The van der Waals surface area contributed by atoms with E-state index in [-0.39, 0.29) is 54.4 Å². The first-order valence-electron chi connectivity index (χ1n) is 15.1. The first-order valence-corrected chi connectivity index (χ1v) is 15.1. The van der Waals surface area contributed by atoms with Crippen molar-refractivity contribution >= 4 is 28.3 Å². The van der Waals surface area contributed by atoms with Gasteiger partial charge in [-0.2, -0.15) is 13.2 Å². The van der Waals surface area contributed by atoms with E-state index in [0.29, 0.717) is 30.8 Å². The average molecular weight is 638 g/mol. The molecule has 13 heteroatoms. The van der Waals surface area contributed by atoms with Crippen LogP contribution in [0.3, 0.4) is 0 Å². The Morgan fingerprint density at radius 2 is 1.76 bits per heavy atom. The third kappa shape index (κ3) is 5.76. The molecule has 1 unspecified atom stereocenters. The minimum Gasteiger partial charge on any atom is -0.483 e. The highest BCUT2D eigenvalue weighted by atomic mass is 19.4. The molecule has 0 aliphatic carbocycles. The maximum atomic E-state index is 15.0. The lowest BCUT2D eigenvalue weighted by molar-refractivity contribution is -0.384. The molecule has 2 aliphatic rings. The van der Waals surface area contributed by atoms with Gasteiger partial charge in [-0.25, -0.2) is 4.79 Å². The second-order valence-corrected chi connectivity index (χ2v) is 11.9. The number of likely N-dealkylation sites (tertiary alicyclic amines) is 1. The number of nitro groups is 1. The summed E-state index contributed by atoms with van der Waals surface area (Å²) in [5.41, 5.74) is -3.10. The van der Waals surface area contributed by atoms with Crippen LogP contribution in [0.5, 0.6) is 5.75 Å². The van der Waals surface area contributed by atoms with Crippen molar-refractivity contribution in [1.29, 1.82) is 0 Å². The van der Waals surface area contributed by atoms with Crippen LogP contribution in [-0.4, -0.2) is 70.0 Å². The summed E-state index contributed by atoms with van der Waals surface area (Å²) in [4.78, 5) is 27.1. The summed E-state index contributed by atoms with van der Waals surface area (Å²) in [7, 11) is 0. The van der Waals surface area contributed by atoms with Gasteiger partial charge in [0.15, 0.2) is 0 Å². The van der Waals surface area contributed by atoms with Crippen molar-refractivity contribution in [2.75, 3.05) is 37.6 Å². The number of rotatable bonds is 7. The molecule has 1 saturated heterocycles. The molecule has 10 nitrogen and oxygen atoms in total. The van der Waals surface area contributed by atoms with Gasteiger partial charge in [-0.1, -0.05) is 42.5 Å². The topological polar surface area (TPSA) is 113 Å². The standard InChI is InChI=1S/C33H34F3N5O5/c1-2-37-30(42)40-21-31(46-29-11-7-6-10-27(29)40)14-16-38(17-15-31)22-32(43,33(34,35)36)26-20-39(19-23-8-4-3-5-9-23)28-18-24(41(44)45)12-13-25(26)28/h3-13,18,20,43H,2,14-17,19,21-22H2,1H3,(H,37,42). The van der Waals surface area contributed by atoms with Crippen LogP contribution >= 0.6 is 0 Å². The van der Waals surface area contributed by atoms with Crippen LogP contribution in [-0.2, 0) is 12.1 Å². The van der Waals surface area contributed by atoms with Gasteiger partial charge >= 0.3 is 12.2 Å². The van der Waals surface area contributed by atoms with E-state index in [1.54, 1.807) is 52.3 Å². The minimum atomic E-state index is -5.06. The van der Waals surface area contributed by atoms with Crippen LogP contribution in [0, 0.1) is 10.1 Å². The largest absolute Gasteiger partial charge is 0.483 e. The number of benzene rings is 3. The van der Waals surface area contributed by atoms with Gasteiger partial charge in [0.2, 0.25) is 5.60 Å². The van der Waals surface area contributed by atoms with Crippen LogP contribution in [0.2, 0.25) is 0 Å². The monoisotopic (exact) mass is 637 g/mol. The Bertz CT molecular complexity index is 1750. The maximum absolute atomic E-state index is 15.0. The molecule has 1 spiro atoms. The number of para-hydroxylation sites is 2. The van der Waals surface area contributed by atoms with Crippen molar-refractivity contribution in [3.63, 3.8) is 0 Å². The van der Waals surface area contributed by atoms with Crippen molar-refractivity contribution in [2.45, 2.75) is 43.7 Å². The summed E-state index contributed by atoms with van der Waals surface area (Å²) in [6.07, 6.45) is -3.16. The number of hydrogen-bond donors (Lipinski definition) is 2. The summed E-state index contributed by atoms with van der Waals surface area (Å²) in [5.74, 6) is 0.528. The van der Waals surface area contributed by atoms with E-state index in [1.807, 2.05) is 19.1 Å². The van der Waals surface area contributed by atoms with Crippen molar-refractivity contribution in [3.8, 4) is 5.75 Å². The van der Waals surface area contributed by atoms with E-state index in [2.05, 4.69) is 5.32 Å². The minimum absolute atomic E-state index is 0.0830. The second kappa shape index (κ2) is 12.0. The molecule has 4 aromatic rings. The number of ether oxygens (including phenoxy) is 1. The molecule has 1 aromatic heterocycles. The Hall–Kier alpha value is -4.62. The van der Waals surface area contributed by atoms with Gasteiger partial charge in [-0.05, 0) is 30.7 Å². The lowest BCUT2D eigenvalue weighted by atomic mass is 9.86.